The summed E-state index contributed by atoms with van der Waals surface area (Å²) in [5.41, 5.74) is 6.85. The molecule has 2 aromatic rings. The monoisotopic (exact) mass is 453 g/mol. The molecule has 5 nitrogen and oxygen atoms in total. The molecular formula is C29H31N3O2. The van der Waals surface area contributed by atoms with Crippen molar-refractivity contribution in [2.45, 2.75) is 25.8 Å². The molecule has 3 aliphatic heterocycles. The van der Waals surface area contributed by atoms with E-state index in [0.29, 0.717) is 5.36 Å². The average Bonchev–Trinajstić information content (AvgIpc) is 2.88. The molecule has 34 heavy (non-hydrogen) atoms. The molecule has 3 heterocycles. The van der Waals surface area contributed by atoms with Crippen LogP contribution in [0.1, 0.15) is 24.8 Å². The number of anilines is 1. The second-order valence-electron chi connectivity index (χ2n) is 9.51. The lowest BCUT2D eigenvalue weighted by Crippen LogP contribution is -2.35. The summed E-state index contributed by atoms with van der Waals surface area (Å²) in [7, 11) is 0. The Balaban J connectivity index is 1.47. The summed E-state index contributed by atoms with van der Waals surface area (Å²) in [6, 6.07) is 21.3. The van der Waals surface area contributed by atoms with Gasteiger partial charge in [0.05, 0.1) is 18.6 Å². The average molecular weight is 454 g/mol. The van der Waals surface area contributed by atoms with E-state index in [4.69, 9.17) is 14.6 Å². The lowest BCUT2D eigenvalue weighted by molar-refractivity contribution is 0.0342. The topological polar surface area (TPSA) is 52.7 Å². The number of morpholine rings is 1. The normalized spacial score (nSPS) is 17.5. The summed E-state index contributed by atoms with van der Waals surface area (Å²) in [5, 5.41) is 9.74. The van der Waals surface area contributed by atoms with Crippen LogP contribution in [-0.4, -0.2) is 44.3 Å². The fraction of sp³-hybridized carbons (Fsp3) is 0.345. The molecule has 2 saturated heterocycles. The Hall–Kier alpha value is -3.15. The van der Waals surface area contributed by atoms with Crippen LogP contribution in [0.3, 0.4) is 0 Å². The first-order valence-electron chi connectivity index (χ1n) is 12.4. The van der Waals surface area contributed by atoms with Gasteiger partial charge in [-0.15, -0.1) is 0 Å². The SMILES string of the molecule is N=c1ccc2c(-c3cccc(CN4CCOCC4)c3)c3ccc(N4CCCCC4)cc3oc-2c1. The molecule has 0 radical (unpaired) electrons. The molecule has 0 bridgehead atoms. The molecular weight excluding hydrogens is 422 g/mol. The number of nitrogens with one attached hydrogen (secondary N) is 1. The molecule has 0 spiro atoms. The summed E-state index contributed by atoms with van der Waals surface area (Å²) >= 11 is 0. The van der Waals surface area contributed by atoms with Crippen molar-refractivity contribution < 1.29 is 9.15 Å². The quantitative estimate of drug-likeness (QED) is 0.414. The van der Waals surface area contributed by atoms with Gasteiger partial charge in [-0.05, 0) is 60.7 Å². The predicted molar refractivity (Wildman–Crippen MR) is 136 cm³/mol. The molecule has 0 unspecified atom stereocenters. The van der Waals surface area contributed by atoms with Gasteiger partial charge in [0.15, 0.2) is 0 Å². The van der Waals surface area contributed by atoms with Crippen LogP contribution in [0.25, 0.3) is 33.4 Å². The van der Waals surface area contributed by atoms with E-state index in [2.05, 4.69) is 52.3 Å². The highest BCUT2D eigenvalue weighted by atomic mass is 16.5. The van der Waals surface area contributed by atoms with Crippen LogP contribution < -0.4 is 10.3 Å². The molecule has 0 amide bonds. The summed E-state index contributed by atoms with van der Waals surface area (Å²) in [6.07, 6.45) is 3.81. The fourth-order valence-electron chi connectivity index (χ4n) is 5.38. The van der Waals surface area contributed by atoms with E-state index in [1.165, 1.54) is 41.6 Å². The van der Waals surface area contributed by atoms with E-state index in [-0.39, 0.29) is 0 Å². The smallest absolute Gasteiger partial charge is 0.137 e. The van der Waals surface area contributed by atoms with Crippen LogP contribution in [0.5, 0.6) is 0 Å². The molecule has 0 saturated carbocycles. The Bertz CT molecular complexity index is 1330. The van der Waals surface area contributed by atoms with Gasteiger partial charge in [-0.3, -0.25) is 4.90 Å². The number of nitrogens with zero attached hydrogens (tertiary/aromatic N) is 2. The van der Waals surface area contributed by atoms with E-state index < -0.39 is 0 Å². The largest absolute Gasteiger partial charge is 0.456 e. The van der Waals surface area contributed by atoms with Gasteiger partial charge in [-0.2, -0.15) is 0 Å². The Labute approximate surface area is 200 Å². The third-order valence-corrected chi connectivity index (χ3v) is 7.15. The fourth-order valence-corrected chi connectivity index (χ4v) is 5.38. The van der Waals surface area contributed by atoms with Crippen LogP contribution in [0.15, 0.2) is 65.1 Å². The van der Waals surface area contributed by atoms with Gasteiger partial charge in [0, 0.05) is 67.1 Å². The zero-order valence-electron chi connectivity index (χ0n) is 19.6. The molecule has 6 rings (SSSR count). The van der Waals surface area contributed by atoms with Crippen LogP contribution in [0.2, 0.25) is 0 Å². The Morgan fingerprint density at radius 1 is 0.824 bits per heavy atom. The molecule has 174 valence electrons. The summed E-state index contributed by atoms with van der Waals surface area (Å²) in [4.78, 5) is 4.92. The van der Waals surface area contributed by atoms with Gasteiger partial charge in [0.1, 0.15) is 11.3 Å². The summed E-state index contributed by atoms with van der Waals surface area (Å²) in [6.45, 7) is 6.71. The van der Waals surface area contributed by atoms with Gasteiger partial charge < -0.3 is 19.5 Å². The molecule has 0 aromatic heterocycles. The first-order valence-corrected chi connectivity index (χ1v) is 12.4. The first kappa shape index (κ1) is 21.4. The van der Waals surface area contributed by atoms with Crippen molar-refractivity contribution >= 4 is 16.7 Å². The zero-order valence-corrected chi connectivity index (χ0v) is 19.6. The minimum atomic E-state index is 0.467. The maximum absolute atomic E-state index is 8.16. The molecule has 2 aromatic carbocycles. The number of rotatable bonds is 4. The van der Waals surface area contributed by atoms with Crippen LogP contribution in [0, 0.1) is 5.41 Å². The molecule has 0 atom stereocenters. The Kier molecular flexibility index (Phi) is 5.81. The Morgan fingerprint density at radius 3 is 2.53 bits per heavy atom. The summed E-state index contributed by atoms with van der Waals surface area (Å²) in [5.74, 6) is 0.768. The highest BCUT2D eigenvalue weighted by Crippen LogP contribution is 2.41. The standard InChI is InChI=1S/C29H31N3O2/c30-23-7-9-25-27(18-23)34-28-19-24(32-11-2-1-3-12-32)8-10-26(28)29(25)22-6-4-5-21(17-22)20-31-13-15-33-16-14-31/h4-10,17-19,30H,1-3,11-16,20H2. The lowest BCUT2D eigenvalue weighted by Gasteiger charge is -2.29. The number of hydrogen-bond acceptors (Lipinski definition) is 5. The molecule has 2 fully saturated rings. The van der Waals surface area contributed by atoms with Crippen molar-refractivity contribution in [2.24, 2.45) is 0 Å². The van der Waals surface area contributed by atoms with E-state index in [9.17, 15) is 0 Å². The minimum Gasteiger partial charge on any atom is -0.456 e. The minimum absolute atomic E-state index is 0.467. The van der Waals surface area contributed by atoms with E-state index in [0.717, 1.165) is 68.2 Å². The zero-order chi connectivity index (χ0) is 22.9. The summed E-state index contributed by atoms with van der Waals surface area (Å²) < 4.78 is 11.9. The van der Waals surface area contributed by atoms with E-state index in [1.807, 2.05) is 18.2 Å². The van der Waals surface area contributed by atoms with Crippen molar-refractivity contribution in [2.75, 3.05) is 44.3 Å². The van der Waals surface area contributed by atoms with Crippen molar-refractivity contribution in [3.63, 3.8) is 0 Å². The predicted octanol–water partition coefficient (Wildman–Crippen LogP) is 5.51. The van der Waals surface area contributed by atoms with Crippen molar-refractivity contribution in [3.05, 3.63) is 71.6 Å². The second-order valence-corrected chi connectivity index (χ2v) is 9.51. The lowest BCUT2D eigenvalue weighted by atomic mass is 9.92. The maximum atomic E-state index is 8.16. The van der Waals surface area contributed by atoms with Crippen molar-refractivity contribution in [1.29, 1.82) is 5.41 Å². The second kappa shape index (κ2) is 9.24. The third kappa shape index (κ3) is 4.22. The van der Waals surface area contributed by atoms with Crippen molar-refractivity contribution in [3.8, 4) is 22.5 Å². The number of hydrogen-bond donors (Lipinski definition) is 1. The van der Waals surface area contributed by atoms with Crippen LogP contribution in [0.4, 0.5) is 5.69 Å². The maximum Gasteiger partial charge on any atom is 0.137 e. The highest BCUT2D eigenvalue weighted by molar-refractivity contribution is 6.02. The number of fused-ring (bicyclic) bond motifs is 2. The Morgan fingerprint density at radius 2 is 1.68 bits per heavy atom. The van der Waals surface area contributed by atoms with Crippen LogP contribution >= 0.6 is 0 Å². The number of piperidine rings is 1. The van der Waals surface area contributed by atoms with Gasteiger partial charge >= 0.3 is 0 Å². The highest BCUT2D eigenvalue weighted by Gasteiger charge is 2.19. The van der Waals surface area contributed by atoms with Gasteiger partial charge in [0.2, 0.25) is 0 Å². The van der Waals surface area contributed by atoms with E-state index >= 15 is 0 Å². The van der Waals surface area contributed by atoms with Gasteiger partial charge in [-0.25, -0.2) is 0 Å². The number of ether oxygens (including phenoxy) is 1. The van der Waals surface area contributed by atoms with Crippen molar-refractivity contribution in [1.82, 2.24) is 4.90 Å². The molecule has 4 aliphatic rings. The molecule has 1 aliphatic carbocycles. The van der Waals surface area contributed by atoms with Gasteiger partial charge in [0.25, 0.3) is 0 Å². The number of benzene rings is 3. The van der Waals surface area contributed by atoms with Crippen LogP contribution in [-0.2, 0) is 11.3 Å². The first-order chi connectivity index (χ1) is 16.7. The third-order valence-electron chi connectivity index (χ3n) is 7.15. The van der Waals surface area contributed by atoms with Gasteiger partial charge in [-0.1, -0.05) is 18.2 Å². The molecule has 1 N–H and O–H groups in total. The molecule has 5 heteroatoms. The van der Waals surface area contributed by atoms with E-state index in [1.54, 1.807) is 0 Å².